The first-order valence-electron chi connectivity index (χ1n) is 23.9. The zero-order chi connectivity index (χ0) is 47.6. The summed E-state index contributed by atoms with van der Waals surface area (Å²) < 4.78 is 12.0. The summed E-state index contributed by atoms with van der Waals surface area (Å²) >= 11 is 0. The maximum Gasteiger partial charge on any atom is 0.407 e. The van der Waals surface area contributed by atoms with Gasteiger partial charge in [0.25, 0.3) is 0 Å². The molecule has 68 heavy (non-hydrogen) atoms. The molecular weight excluding hydrogens is 859 g/mol. The van der Waals surface area contributed by atoms with Crippen LogP contribution in [0.5, 0.6) is 0 Å². The highest BCUT2D eigenvalue weighted by molar-refractivity contribution is 5.87. The van der Waals surface area contributed by atoms with Gasteiger partial charge in [-0.25, -0.2) is 19.6 Å². The molecule has 3 aliphatic rings. The van der Waals surface area contributed by atoms with E-state index in [2.05, 4.69) is 104 Å². The summed E-state index contributed by atoms with van der Waals surface area (Å²) in [4.78, 5) is 71.8. The Kier molecular flexibility index (Phi) is 13.2. The highest BCUT2D eigenvalue weighted by Crippen LogP contribution is 2.38. The standard InChI is InChI=1S/C53H61N9O6/c1-31(2)46(58-52(65)67-5)50(63)60-26-8-12-44(60)48-54-29-40(56-48)34-14-18-36(19-15-34)42-24-25-43(62(42)39-23-22-33-10-7-11-38(33)28-39)37-20-16-35(17-21-37)41-30-55-49(57-41)45-13-9-27-61(45)51(64)47(32(3)4)59-53(66)68-6/h14-25,28-32,44-47H,7-13,26-27H2,1-6H3,(H,54,56)(H,55,57)(H,58,65)(H,59,66)/t44-,45-,46-,47-/m0/s1. The highest BCUT2D eigenvalue weighted by atomic mass is 16.5. The number of likely N-dealkylation sites (tertiary alicyclic amines) is 2. The van der Waals surface area contributed by atoms with Gasteiger partial charge >= 0.3 is 12.2 Å². The van der Waals surface area contributed by atoms with E-state index >= 15 is 0 Å². The van der Waals surface area contributed by atoms with E-state index in [9.17, 15) is 19.2 Å². The minimum absolute atomic E-state index is 0.115. The van der Waals surface area contributed by atoms with Gasteiger partial charge in [0.2, 0.25) is 11.8 Å². The van der Waals surface area contributed by atoms with E-state index in [1.165, 1.54) is 25.3 Å². The number of ether oxygens (including phenoxy) is 2. The third-order valence-electron chi connectivity index (χ3n) is 13.9. The molecule has 3 aromatic heterocycles. The predicted molar refractivity (Wildman–Crippen MR) is 260 cm³/mol. The summed E-state index contributed by atoms with van der Waals surface area (Å²) in [6.45, 7) is 8.82. The lowest BCUT2D eigenvalue weighted by Crippen LogP contribution is -2.51. The summed E-state index contributed by atoms with van der Waals surface area (Å²) in [5, 5.41) is 5.45. The Bertz CT molecular complexity index is 2630. The zero-order valence-electron chi connectivity index (χ0n) is 39.7. The van der Waals surface area contributed by atoms with E-state index in [0.29, 0.717) is 13.1 Å². The van der Waals surface area contributed by atoms with Crippen molar-refractivity contribution in [2.24, 2.45) is 11.8 Å². The lowest BCUT2D eigenvalue weighted by atomic mass is 10.0. The average Bonchev–Trinajstić information content (AvgIpc) is 4.22. The normalized spacial score (nSPS) is 17.6. The molecule has 15 nitrogen and oxygen atoms in total. The van der Waals surface area contributed by atoms with Crippen LogP contribution >= 0.6 is 0 Å². The number of carbonyl (C=O) groups is 4. The molecule has 0 saturated carbocycles. The number of hydrogen-bond donors (Lipinski definition) is 4. The van der Waals surface area contributed by atoms with Gasteiger partial charge in [0, 0.05) is 18.8 Å². The topological polar surface area (TPSA) is 180 Å². The van der Waals surface area contributed by atoms with E-state index < -0.39 is 24.3 Å². The van der Waals surface area contributed by atoms with E-state index in [1.54, 1.807) is 0 Å². The SMILES string of the molecule is COC(=O)N[C@H](C(=O)N1CCC[C@H]1c1ncc(-c2ccc(-c3ccc(-c4ccc(-c5cnc([C@@H]6CCCN6C(=O)[C@@H](NC(=O)OC)C(C)C)[nH]5)cc4)n3-c3ccc4c(c3)CCC4)cc2)[nH]1)C(C)C. The van der Waals surface area contributed by atoms with Crippen molar-refractivity contribution >= 4 is 24.0 Å². The number of H-pyrrole nitrogens is 2. The number of alkyl carbamates (subject to hydrolysis) is 2. The van der Waals surface area contributed by atoms with Gasteiger partial charge in [0.05, 0.1) is 61.5 Å². The number of fused-ring (bicyclic) bond motifs is 1. The van der Waals surface area contributed by atoms with Crippen molar-refractivity contribution < 1.29 is 28.7 Å². The monoisotopic (exact) mass is 919 g/mol. The second-order valence-corrected chi connectivity index (χ2v) is 18.9. The average molecular weight is 920 g/mol. The van der Waals surface area contributed by atoms with Gasteiger partial charge in [-0.15, -0.1) is 0 Å². The van der Waals surface area contributed by atoms with Crippen LogP contribution in [0.15, 0.2) is 91.3 Å². The Balaban J connectivity index is 0.958. The molecule has 0 spiro atoms. The van der Waals surface area contributed by atoms with Gasteiger partial charge in [0.15, 0.2) is 0 Å². The number of carbonyl (C=O) groups excluding carboxylic acids is 4. The molecule has 0 unspecified atom stereocenters. The first kappa shape index (κ1) is 46.0. The molecule has 4 atom stereocenters. The molecule has 15 heteroatoms. The zero-order valence-corrected chi connectivity index (χ0v) is 39.7. The first-order valence-corrected chi connectivity index (χ1v) is 23.9. The fourth-order valence-electron chi connectivity index (χ4n) is 10.2. The number of rotatable bonds is 13. The molecule has 1 aliphatic carbocycles. The number of hydrogen-bond acceptors (Lipinski definition) is 8. The van der Waals surface area contributed by atoms with Crippen molar-refractivity contribution in [1.29, 1.82) is 0 Å². The molecule has 2 aliphatic heterocycles. The van der Waals surface area contributed by atoms with E-state index in [4.69, 9.17) is 19.4 Å². The Labute approximate surface area is 397 Å². The van der Waals surface area contributed by atoms with Crippen LogP contribution in [0.2, 0.25) is 0 Å². The molecule has 2 saturated heterocycles. The van der Waals surface area contributed by atoms with Crippen molar-refractivity contribution in [2.75, 3.05) is 27.3 Å². The molecule has 2 fully saturated rings. The molecule has 3 aromatic carbocycles. The van der Waals surface area contributed by atoms with Gasteiger partial charge in [-0.2, -0.15) is 0 Å². The molecule has 0 radical (unpaired) electrons. The number of nitrogens with one attached hydrogen (secondary N) is 4. The first-order chi connectivity index (χ1) is 32.9. The maximum absolute atomic E-state index is 13.7. The van der Waals surface area contributed by atoms with Crippen LogP contribution in [0.4, 0.5) is 9.59 Å². The van der Waals surface area contributed by atoms with Gasteiger partial charge in [-0.1, -0.05) is 82.3 Å². The van der Waals surface area contributed by atoms with Crippen molar-refractivity contribution in [3.8, 4) is 50.7 Å². The molecule has 0 bridgehead atoms. The number of methoxy groups -OCH3 is 2. The molecular formula is C53H61N9O6. The Morgan fingerprint density at radius 2 is 1.03 bits per heavy atom. The lowest BCUT2D eigenvalue weighted by molar-refractivity contribution is -0.136. The second kappa shape index (κ2) is 19.6. The number of amides is 4. The van der Waals surface area contributed by atoms with E-state index in [1.807, 2.05) is 49.9 Å². The lowest BCUT2D eigenvalue weighted by Gasteiger charge is -2.30. The van der Waals surface area contributed by atoms with Crippen LogP contribution in [-0.2, 0) is 31.9 Å². The number of aromatic nitrogens is 5. The Morgan fingerprint density at radius 3 is 1.47 bits per heavy atom. The molecule has 9 rings (SSSR count). The van der Waals surface area contributed by atoms with Crippen LogP contribution in [0.3, 0.4) is 0 Å². The fourth-order valence-corrected chi connectivity index (χ4v) is 10.2. The van der Waals surface area contributed by atoms with Gasteiger partial charge in [-0.3, -0.25) is 9.59 Å². The van der Waals surface area contributed by atoms with Crippen LogP contribution < -0.4 is 10.6 Å². The third-order valence-corrected chi connectivity index (χ3v) is 13.9. The quantitative estimate of drug-likeness (QED) is 0.0886. The summed E-state index contributed by atoms with van der Waals surface area (Å²) in [6.07, 6.45) is 8.99. The number of aromatic amines is 2. The van der Waals surface area contributed by atoms with E-state index in [0.717, 1.165) is 107 Å². The molecule has 6 aromatic rings. The number of nitrogens with zero attached hydrogens (tertiary/aromatic N) is 5. The van der Waals surface area contributed by atoms with Gasteiger partial charge in [-0.05, 0) is 114 Å². The molecule has 5 heterocycles. The Morgan fingerprint density at radius 1 is 0.588 bits per heavy atom. The smallest absolute Gasteiger partial charge is 0.407 e. The van der Waals surface area contributed by atoms with Gasteiger partial charge < -0.3 is 44.4 Å². The van der Waals surface area contributed by atoms with Crippen molar-refractivity contribution in [3.05, 3.63) is 114 Å². The molecule has 4 amide bonds. The number of imidazole rings is 2. The molecule has 354 valence electrons. The Hall–Kier alpha value is -7.16. The minimum atomic E-state index is -0.699. The second-order valence-electron chi connectivity index (χ2n) is 18.9. The predicted octanol–water partition coefficient (Wildman–Crippen LogP) is 9.17. The van der Waals surface area contributed by atoms with Crippen LogP contribution in [-0.4, -0.2) is 97.7 Å². The highest BCUT2D eigenvalue weighted by Gasteiger charge is 2.39. The van der Waals surface area contributed by atoms with Gasteiger partial charge in [0.1, 0.15) is 23.7 Å². The van der Waals surface area contributed by atoms with Crippen molar-refractivity contribution in [3.63, 3.8) is 0 Å². The van der Waals surface area contributed by atoms with E-state index in [-0.39, 0.29) is 35.7 Å². The fraction of sp³-hybridized carbons (Fsp3) is 0.396. The van der Waals surface area contributed by atoms with Crippen LogP contribution in [0.1, 0.15) is 94.7 Å². The number of aryl methyl sites for hydroxylation is 2. The van der Waals surface area contributed by atoms with Crippen molar-refractivity contribution in [1.82, 2.24) is 44.9 Å². The van der Waals surface area contributed by atoms with Crippen LogP contribution in [0.25, 0.3) is 50.7 Å². The van der Waals surface area contributed by atoms with Crippen molar-refractivity contribution in [2.45, 2.75) is 96.8 Å². The summed E-state index contributed by atoms with van der Waals surface area (Å²) in [7, 11) is 2.60. The minimum Gasteiger partial charge on any atom is -0.453 e. The summed E-state index contributed by atoms with van der Waals surface area (Å²) in [5.74, 6) is 0.941. The number of benzene rings is 3. The maximum atomic E-state index is 13.7. The third kappa shape index (κ3) is 9.13. The summed E-state index contributed by atoms with van der Waals surface area (Å²) in [5.41, 5.74) is 11.9. The largest absolute Gasteiger partial charge is 0.453 e. The molecule has 4 N–H and O–H groups in total. The van der Waals surface area contributed by atoms with Crippen LogP contribution in [0, 0.1) is 11.8 Å². The summed E-state index contributed by atoms with van der Waals surface area (Å²) in [6, 6.07) is 26.4.